The van der Waals surface area contributed by atoms with Crippen LogP contribution < -0.4 is 4.74 Å². The molecule has 0 aliphatic rings. The van der Waals surface area contributed by atoms with Crippen LogP contribution in [0.15, 0.2) is 54.6 Å². The molecule has 0 spiro atoms. The normalized spacial score (nSPS) is 12.3. The maximum absolute atomic E-state index is 12.3. The summed E-state index contributed by atoms with van der Waals surface area (Å²) in [6, 6.07) is 18.8. The summed E-state index contributed by atoms with van der Waals surface area (Å²) in [6.45, 7) is 6.39. The number of carbonyl (C=O) groups excluding carboxylic acids is 1. The van der Waals surface area contributed by atoms with E-state index in [0.29, 0.717) is 19.4 Å². The third kappa shape index (κ3) is 14.6. The SMILES string of the molecule is CCCCCCCCCCCCc1ccccc1OC(C)CCOC(=O)CC[N+](C)(C)Cc1ccccc1. The van der Waals surface area contributed by atoms with Crippen LogP contribution in [0.1, 0.15) is 102 Å². The van der Waals surface area contributed by atoms with Gasteiger partial charge in [-0.25, -0.2) is 0 Å². The first-order chi connectivity index (χ1) is 18.4. The van der Waals surface area contributed by atoms with Crippen molar-refractivity contribution in [1.82, 2.24) is 0 Å². The van der Waals surface area contributed by atoms with Gasteiger partial charge in [-0.2, -0.15) is 0 Å². The van der Waals surface area contributed by atoms with Crippen LogP contribution in [0.2, 0.25) is 0 Å². The Morgan fingerprint density at radius 1 is 0.816 bits per heavy atom. The second kappa shape index (κ2) is 18.8. The Bertz CT molecular complexity index is 880. The Hall–Kier alpha value is -2.33. The lowest BCUT2D eigenvalue weighted by Gasteiger charge is -2.29. The van der Waals surface area contributed by atoms with E-state index in [1.165, 1.54) is 75.3 Å². The van der Waals surface area contributed by atoms with Crippen molar-refractivity contribution in [3.05, 3.63) is 65.7 Å². The highest BCUT2D eigenvalue weighted by molar-refractivity contribution is 5.69. The van der Waals surface area contributed by atoms with Gasteiger partial charge in [0.05, 0.1) is 39.8 Å². The molecule has 0 aliphatic heterocycles. The van der Waals surface area contributed by atoms with Crippen molar-refractivity contribution >= 4 is 5.97 Å². The number of rotatable bonds is 21. The molecule has 38 heavy (non-hydrogen) atoms. The Kier molecular flexibility index (Phi) is 15.8. The Labute approximate surface area is 233 Å². The van der Waals surface area contributed by atoms with Crippen LogP contribution in [0.5, 0.6) is 5.75 Å². The van der Waals surface area contributed by atoms with E-state index in [-0.39, 0.29) is 12.1 Å². The summed E-state index contributed by atoms with van der Waals surface area (Å²) in [5.74, 6) is 0.847. The van der Waals surface area contributed by atoms with Crippen LogP contribution in [0, 0.1) is 0 Å². The molecule has 2 aromatic rings. The smallest absolute Gasteiger partial charge is 0.311 e. The molecule has 0 bridgehead atoms. The average molecular weight is 525 g/mol. The summed E-state index contributed by atoms with van der Waals surface area (Å²) in [7, 11) is 4.31. The van der Waals surface area contributed by atoms with Crippen LogP contribution in [0.4, 0.5) is 0 Å². The molecule has 0 saturated carbocycles. The maximum Gasteiger partial charge on any atom is 0.311 e. The van der Waals surface area contributed by atoms with E-state index in [1.807, 2.05) is 12.1 Å². The fourth-order valence-corrected chi connectivity index (χ4v) is 4.87. The third-order valence-electron chi connectivity index (χ3n) is 7.26. The van der Waals surface area contributed by atoms with Crippen molar-refractivity contribution in [2.75, 3.05) is 27.2 Å². The highest BCUT2D eigenvalue weighted by atomic mass is 16.5. The molecule has 1 atom stereocenters. The van der Waals surface area contributed by atoms with Crippen LogP contribution in [-0.2, 0) is 22.5 Å². The standard InChI is InChI=1S/C34H54NO3/c1-5-6-7-8-9-10-11-12-13-17-22-32-23-18-19-24-33(32)38-30(2)26-28-37-34(36)25-27-35(3,4)29-31-20-15-14-16-21-31/h14-16,18-21,23-24,30H,5-13,17,22,25-29H2,1-4H3/q+1. The van der Waals surface area contributed by atoms with Gasteiger partial charge in [0.15, 0.2) is 0 Å². The van der Waals surface area contributed by atoms with Gasteiger partial charge in [0.1, 0.15) is 12.3 Å². The number of para-hydroxylation sites is 1. The molecule has 1 unspecified atom stereocenters. The van der Waals surface area contributed by atoms with Crippen molar-refractivity contribution in [3.8, 4) is 5.75 Å². The van der Waals surface area contributed by atoms with Crippen molar-refractivity contribution in [2.45, 2.75) is 110 Å². The monoisotopic (exact) mass is 524 g/mol. The lowest BCUT2D eigenvalue weighted by atomic mass is 10.0. The zero-order valence-corrected chi connectivity index (χ0v) is 24.8. The van der Waals surface area contributed by atoms with Gasteiger partial charge in [-0.3, -0.25) is 4.79 Å². The third-order valence-corrected chi connectivity index (χ3v) is 7.26. The highest BCUT2D eigenvalue weighted by Crippen LogP contribution is 2.23. The molecule has 0 fully saturated rings. The van der Waals surface area contributed by atoms with Crippen molar-refractivity contribution < 1.29 is 18.8 Å². The summed E-state index contributed by atoms with van der Waals surface area (Å²) in [5, 5.41) is 0. The molecule has 0 aromatic heterocycles. The van der Waals surface area contributed by atoms with Gasteiger partial charge in [-0.05, 0) is 31.4 Å². The van der Waals surface area contributed by atoms with E-state index >= 15 is 0 Å². The molecule has 2 rings (SSSR count). The summed E-state index contributed by atoms with van der Waals surface area (Å²) in [5.41, 5.74) is 2.57. The van der Waals surface area contributed by atoms with Crippen LogP contribution in [0.3, 0.4) is 0 Å². The van der Waals surface area contributed by atoms with Gasteiger partial charge in [0, 0.05) is 12.0 Å². The predicted octanol–water partition coefficient (Wildman–Crippen LogP) is 8.52. The fourth-order valence-electron chi connectivity index (χ4n) is 4.87. The summed E-state index contributed by atoms with van der Waals surface area (Å²) in [6.07, 6.45) is 15.7. The van der Waals surface area contributed by atoms with E-state index in [2.05, 4.69) is 70.4 Å². The summed E-state index contributed by atoms with van der Waals surface area (Å²) < 4.78 is 12.6. The topological polar surface area (TPSA) is 35.5 Å². The average Bonchev–Trinajstić information content (AvgIpc) is 2.90. The number of aryl methyl sites for hydroxylation is 1. The minimum atomic E-state index is -0.127. The second-order valence-corrected chi connectivity index (χ2v) is 11.5. The molecular weight excluding hydrogens is 470 g/mol. The molecule has 4 heteroatoms. The number of hydrogen-bond donors (Lipinski definition) is 0. The molecule has 212 valence electrons. The van der Waals surface area contributed by atoms with Crippen LogP contribution in [0.25, 0.3) is 0 Å². The lowest BCUT2D eigenvalue weighted by molar-refractivity contribution is -0.903. The van der Waals surface area contributed by atoms with E-state index in [4.69, 9.17) is 9.47 Å². The fraction of sp³-hybridized carbons (Fsp3) is 0.618. The minimum absolute atomic E-state index is 0.00182. The minimum Gasteiger partial charge on any atom is -0.490 e. The van der Waals surface area contributed by atoms with E-state index in [9.17, 15) is 4.79 Å². The van der Waals surface area contributed by atoms with Crippen molar-refractivity contribution in [2.24, 2.45) is 0 Å². The first kappa shape index (κ1) is 31.9. The quantitative estimate of drug-likeness (QED) is 0.0932. The molecule has 0 radical (unpaired) electrons. The molecule has 2 aromatic carbocycles. The molecule has 0 amide bonds. The number of ether oxygens (including phenoxy) is 2. The number of carbonyl (C=O) groups is 1. The zero-order chi connectivity index (χ0) is 27.5. The number of esters is 1. The molecule has 0 N–H and O–H groups in total. The Balaban J connectivity index is 1.60. The number of hydrogen-bond acceptors (Lipinski definition) is 3. The van der Waals surface area contributed by atoms with Gasteiger partial charge in [0.25, 0.3) is 0 Å². The largest absolute Gasteiger partial charge is 0.490 e. The van der Waals surface area contributed by atoms with E-state index < -0.39 is 0 Å². The molecule has 0 heterocycles. The Morgan fingerprint density at radius 3 is 2.11 bits per heavy atom. The van der Waals surface area contributed by atoms with Gasteiger partial charge < -0.3 is 14.0 Å². The molecule has 0 aliphatic carbocycles. The molecule has 4 nitrogen and oxygen atoms in total. The number of unbranched alkanes of at least 4 members (excludes halogenated alkanes) is 9. The van der Waals surface area contributed by atoms with Gasteiger partial charge >= 0.3 is 5.97 Å². The molecular formula is C34H54NO3+. The predicted molar refractivity (Wildman–Crippen MR) is 159 cm³/mol. The summed E-state index contributed by atoms with van der Waals surface area (Å²) in [4.78, 5) is 12.3. The first-order valence-corrected chi connectivity index (χ1v) is 15.2. The van der Waals surface area contributed by atoms with E-state index in [0.717, 1.165) is 29.7 Å². The highest BCUT2D eigenvalue weighted by Gasteiger charge is 2.18. The van der Waals surface area contributed by atoms with Gasteiger partial charge in [-0.15, -0.1) is 0 Å². The zero-order valence-electron chi connectivity index (χ0n) is 24.8. The Morgan fingerprint density at radius 2 is 1.42 bits per heavy atom. The van der Waals surface area contributed by atoms with E-state index in [1.54, 1.807) is 0 Å². The molecule has 0 saturated heterocycles. The van der Waals surface area contributed by atoms with Gasteiger partial charge in [-0.1, -0.05) is 113 Å². The van der Waals surface area contributed by atoms with Crippen molar-refractivity contribution in [1.29, 1.82) is 0 Å². The van der Waals surface area contributed by atoms with Crippen LogP contribution >= 0.6 is 0 Å². The second-order valence-electron chi connectivity index (χ2n) is 11.5. The number of benzene rings is 2. The summed E-state index contributed by atoms with van der Waals surface area (Å²) >= 11 is 0. The number of nitrogens with zero attached hydrogens (tertiary/aromatic N) is 1. The number of quaternary nitrogens is 1. The lowest BCUT2D eigenvalue weighted by Crippen LogP contribution is -2.40. The maximum atomic E-state index is 12.3. The van der Waals surface area contributed by atoms with Crippen molar-refractivity contribution in [3.63, 3.8) is 0 Å². The van der Waals surface area contributed by atoms with Crippen LogP contribution in [-0.4, -0.2) is 43.8 Å². The first-order valence-electron chi connectivity index (χ1n) is 15.2. The van der Waals surface area contributed by atoms with Gasteiger partial charge in [0.2, 0.25) is 0 Å².